The van der Waals surface area contributed by atoms with Crippen LogP contribution in [0.5, 0.6) is 0 Å². The van der Waals surface area contributed by atoms with Crippen LogP contribution in [0.15, 0.2) is 66.7 Å². The van der Waals surface area contributed by atoms with Gasteiger partial charge in [-0.05, 0) is 42.4 Å². The first-order valence-corrected chi connectivity index (χ1v) is 11.1. The number of imide groups is 1. The van der Waals surface area contributed by atoms with Gasteiger partial charge in [0.1, 0.15) is 0 Å². The van der Waals surface area contributed by atoms with Gasteiger partial charge in [0.15, 0.2) is 0 Å². The second-order valence-electron chi connectivity index (χ2n) is 8.87. The fraction of sp³-hybridized carbons (Fsp3) is 0.320. The third-order valence-corrected chi connectivity index (χ3v) is 7.03. The number of likely N-dealkylation sites (tertiary alicyclic amines) is 1. The molecule has 2 fully saturated rings. The average Bonchev–Trinajstić information content (AvgIpc) is 3.11. The Morgan fingerprint density at radius 1 is 0.970 bits per heavy atom. The predicted molar refractivity (Wildman–Crippen MR) is 120 cm³/mol. The summed E-state index contributed by atoms with van der Waals surface area (Å²) in [6, 6.07) is 13.9. The lowest BCUT2D eigenvalue weighted by Crippen LogP contribution is -2.38. The zero-order valence-electron chi connectivity index (χ0n) is 17.8. The van der Waals surface area contributed by atoms with Crippen molar-refractivity contribution in [1.82, 2.24) is 4.90 Å². The number of nitro benzene ring substituents is 1. The third-order valence-electron chi connectivity index (χ3n) is 7.03. The van der Waals surface area contributed by atoms with Crippen molar-refractivity contribution in [2.24, 2.45) is 23.7 Å². The van der Waals surface area contributed by atoms with Gasteiger partial charge < -0.3 is 5.32 Å². The number of allylic oxidation sites excluding steroid dienone is 2. The predicted octanol–water partition coefficient (Wildman–Crippen LogP) is 3.86. The van der Waals surface area contributed by atoms with Crippen LogP contribution in [0.1, 0.15) is 30.9 Å². The van der Waals surface area contributed by atoms with Gasteiger partial charge in [0.2, 0.25) is 17.7 Å². The fourth-order valence-electron chi connectivity index (χ4n) is 5.49. The first-order chi connectivity index (χ1) is 15.9. The van der Waals surface area contributed by atoms with Gasteiger partial charge in [-0.2, -0.15) is 0 Å². The van der Waals surface area contributed by atoms with Crippen LogP contribution in [0, 0.1) is 33.8 Å². The van der Waals surface area contributed by atoms with Crippen LogP contribution in [0.3, 0.4) is 0 Å². The first kappa shape index (κ1) is 21.1. The van der Waals surface area contributed by atoms with E-state index in [1.54, 1.807) is 0 Å². The summed E-state index contributed by atoms with van der Waals surface area (Å²) in [4.78, 5) is 51.5. The minimum atomic E-state index is -0.714. The maximum Gasteiger partial charge on any atom is 0.269 e. The lowest BCUT2D eigenvalue weighted by atomic mass is 9.63. The molecule has 1 N–H and O–H groups in total. The van der Waals surface area contributed by atoms with Gasteiger partial charge >= 0.3 is 0 Å². The molecule has 0 spiro atoms. The summed E-state index contributed by atoms with van der Waals surface area (Å²) in [6.07, 6.45) is 5.87. The maximum absolute atomic E-state index is 13.5. The third kappa shape index (κ3) is 3.71. The number of hydrogen-bond acceptors (Lipinski definition) is 5. The van der Waals surface area contributed by atoms with Crippen LogP contribution in [0.2, 0.25) is 0 Å². The Hall–Kier alpha value is -3.81. The number of non-ortho nitro benzene ring substituents is 1. The van der Waals surface area contributed by atoms with Crippen molar-refractivity contribution in [2.75, 3.05) is 5.32 Å². The maximum atomic E-state index is 13.5. The van der Waals surface area contributed by atoms with Crippen LogP contribution < -0.4 is 5.32 Å². The molecule has 1 saturated carbocycles. The number of carbonyl (C=O) groups excluding carboxylic acids is 3. The Labute approximate surface area is 190 Å². The molecule has 33 heavy (non-hydrogen) atoms. The van der Waals surface area contributed by atoms with E-state index in [9.17, 15) is 24.5 Å². The highest BCUT2D eigenvalue weighted by molar-refractivity contribution is 6.07. The normalized spacial score (nSPS) is 26.2. The van der Waals surface area contributed by atoms with Crippen molar-refractivity contribution < 1.29 is 19.3 Å². The molecule has 6 rings (SSSR count). The molecule has 8 nitrogen and oxygen atoms in total. The molecule has 1 saturated heterocycles. The number of nitrogens with one attached hydrogen (secondary N) is 1. The molecule has 0 radical (unpaired) electrons. The van der Waals surface area contributed by atoms with Crippen molar-refractivity contribution in [2.45, 2.75) is 25.3 Å². The van der Waals surface area contributed by atoms with Gasteiger partial charge in [-0.3, -0.25) is 29.4 Å². The highest BCUT2D eigenvalue weighted by Gasteiger charge is 2.58. The van der Waals surface area contributed by atoms with Crippen LogP contribution in [0.25, 0.3) is 0 Å². The van der Waals surface area contributed by atoms with Crippen molar-refractivity contribution >= 4 is 29.1 Å². The summed E-state index contributed by atoms with van der Waals surface area (Å²) in [5, 5.41) is 13.6. The lowest BCUT2D eigenvalue weighted by molar-refractivity contribution is -0.384. The molecule has 2 bridgehead atoms. The highest BCUT2D eigenvalue weighted by Crippen LogP contribution is 2.51. The summed E-state index contributed by atoms with van der Waals surface area (Å²) < 4.78 is 0. The zero-order valence-corrected chi connectivity index (χ0v) is 17.8. The summed E-state index contributed by atoms with van der Waals surface area (Å²) >= 11 is 0. The molecule has 5 atom stereocenters. The Morgan fingerprint density at radius 3 is 2.06 bits per heavy atom. The van der Waals surface area contributed by atoms with Crippen molar-refractivity contribution in [1.29, 1.82) is 0 Å². The Kier molecular flexibility index (Phi) is 5.28. The minimum absolute atomic E-state index is 0.0748. The molecule has 0 unspecified atom stereocenters. The van der Waals surface area contributed by atoms with Gasteiger partial charge in [0.25, 0.3) is 5.69 Å². The standard InChI is InChI=1S/C25H23N3O5/c29-21(26-18-10-12-19(13-11-18)28(32)33)14-20(15-4-2-1-3-5-15)27-24(30)22-16-6-7-17(9-8-16)23(22)25(27)31/h1-7,10-13,16-17,20,22-23H,8-9,14H2,(H,26,29)/t16-,17-,20+,22-,23-/m0/s1. The second-order valence-corrected chi connectivity index (χ2v) is 8.87. The number of benzene rings is 2. The van der Waals surface area contributed by atoms with Crippen molar-refractivity contribution in [3.8, 4) is 0 Å². The molecule has 8 heteroatoms. The molecular formula is C25H23N3O5. The summed E-state index contributed by atoms with van der Waals surface area (Å²) in [5.74, 6) is -1.30. The number of rotatable bonds is 6. The van der Waals surface area contributed by atoms with E-state index in [2.05, 4.69) is 17.5 Å². The van der Waals surface area contributed by atoms with Gasteiger partial charge in [-0.1, -0.05) is 42.5 Å². The van der Waals surface area contributed by atoms with E-state index in [1.165, 1.54) is 29.2 Å². The topological polar surface area (TPSA) is 110 Å². The summed E-state index contributed by atoms with van der Waals surface area (Å²) in [5.41, 5.74) is 1.05. The average molecular weight is 445 g/mol. The second kappa shape index (κ2) is 8.27. The van der Waals surface area contributed by atoms with E-state index in [0.717, 1.165) is 18.4 Å². The van der Waals surface area contributed by atoms with E-state index in [4.69, 9.17) is 0 Å². The van der Waals surface area contributed by atoms with Crippen molar-refractivity contribution in [3.63, 3.8) is 0 Å². The number of amides is 3. The van der Waals surface area contributed by atoms with Gasteiger partial charge in [0, 0.05) is 17.8 Å². The van der Waals surface area contributed by atoms with E-state index in [1.807, 2.05) is 30.3 Å². The van der Waals surface area contributed by atoms with E-state index < -0.39 is 11.0 Å². The molecule has 168 valence electrons. The van der Waals surface area contributed by atoms with Crippen molar-refractivity contribution in [3.05, 3.63) is 82.4 Å². The van der Waals surface area contributed by atoms with Crippen LogP contribution >= 0.6 is 0 Å². The number of nitrogens with zero attached hydrogens (tertiary/aromatic N) is 2. The first-order valence-electron chi connectivity index (χ1n) is 11.1. The highest BCUT2D eigenvalue weighted by atomic mass is 16.6. The van der Waals surface area contributed by atoms with Crippen LogP contribution in [0.4, 0.5) is 11.4 Å². The van der Waals surface area contributed by atoms with Crippen LogP contribution in [-0.2, 0) is 14.4 Å². The smallest absolute Gasteiger partial charge is 0.269 e. The fourth-order valence-corrected chi connectivity index (χ4v) is 5.49. The molecule has 3 aliphatic carbocycles. The molecular weight excluding hydrogens is 422 g/mol. The monoisotopic (exact) mass is 445 g/mol. The van der Waals surface area contributed by atoms with E-state index in [0.29, 0.717) is 5.69 Å². The molecule has 2 aromatic carbocycles. The molecule has 1 aliphatic heterocycles. The van der Waals surface area contributed by atoms with E-state index >= 15 is 0 Å². The molecule has 4 aliphatic rings. The Bertz CT molecular complexity index is 1110. The lowest BCUT2D eigenvalue weighted by Gasteiger charge is -2.38. The number of fused-ring (bicyclic) bond motifs is 1. The number of hydrogen-bond donors (Lipinski definition) is 1. The minimum Gasteiger partial charge on any atom is -0.326 e. The van der Waals surface area contributed by atoms with Gasteiger partial charge in [-0.15, -0.1) is 0 Å². The zero-order chi connectivity index (χ0) is 23.1. The number of carbonyl (C=O) groups is 3. The summed E-state index contributed by atoms with van der Waals surface area (Å²) in [6.45, 7) is 0. The Balaban J connectivity index is 1.40. The number of anilines is 1. The Morgan fingerprint density at radius 2 is 1.55 bits per heavy atom. The quantitative estimate of drug-likeness (QED) is 0.314. The van der Waals surface area contributed by atoms with Gasteiger partial charge in [0.05, 0.1) is 29.2 Å². The largest absolute Gasteiger partial charge is 0.326 e. The van der Waals surface area contributed by atoms with E-state index in [-0.39, 0.29) is 53.5 Å². The summed E-state index contributed by atoms with van der Waals surface area (Å²) in [7, 11) is 0. The SMILES string of the molecule is O=C(C[C@H](c1ccccc1)N1C(=O)[C@@H]2[C@@H](C1=O)[C@H]1C=C[C@H]2CC1)Nc1ccc([N+](=O)[O-])cc1. The molecule has 3 amide bonds. The molecule has 0 aromatic heterocycles. The number of nitro groups is 1. The van der Waals surface area contributed by atoms with Gasteiger partial charge in [-0.25, -0.2) is 0 Å². The van der Waals surface area contributed by atoms with Crippen LogP contribution in [-0.4, -0.2) is 27.5 Å². The molecule has 1 heterocycles. The molecule has 2 aromatic rings.